The number of anilines is 1. The quantitative estimate of drug-likeness (QED) is 0.900. The Kier molecular flexibility index (Phi) is 4.26. The molecular weight excluding hydrogens is 236 g/mol. The van der Waals surface area contributed by atoms with Crippen LogP contribution in [0.5, 0.6) is 0 Å². The number of ether oxygens (including phenoxy) is 1. The lowest BCUT2D eigenvalue weighted by atomic mass is 10.1. The topological polar surface area (TPSA) is 38.5 Å². The van der Waals surface area contributed by atoms with Crippen molar-refractivity contribution in [1.82, 2.24) is 0 Å². The molecule has 2 N–H and O–H groups in total. The Morgan fingerprint density at radius 2 is 2.35 bits per heavy atom. The molecule has 0 radical (unpaired) electrons. The van der Waals surface area contributed by atoms with Gasteiger partial charge in [0.1, 0.15) is 0 Å². The van der Waals surface area contributed by atoms with Crippen molar-refractivity contribution in [3.63, 3.8) is 0 Å². The average molecular weight is 255 g/mol. The third-order valence-electron chi connectivity index (χ3n) is 3.30. The van der Waals surface area contributed by atoms with Crippen LogP contribution in [0.25, 0.3) is 0 Å². The zero-order chi connectivity index (χ0) is 12.3. The van der Waals surface area contributed by atoms with Crippen molar-refractivity contribution < 1.29 is 4.74 Å². The summed E-state index contributed by atoms with van der Waals surface area (Å²) in [6.45, 7) is 2.49. The molecule has 1 atom stereocenters. The molecule has 1 aliphatic heterocycles. The summed E-state index contributed by atoms with van der Waals surface area (Å²) in [6, 6.07) is 6.05. The van der Waals surface area contributed by atoms with E-state index < -0.39 is 0 Å². The highest BCUT2D eigenvalue weighted by Crippen LogP contribution is 2.29. The fraction of sp³-hybridized carbons (Fsp3) is 0.538. The molecule has 1 aromatic rings. The first-order valence-electron chi connectivity index (χ1n) is 6.01. The van der Waals surface area contributed by atoms with E-state index in [4.69, 9.17) is 22.1 Å². The Labute approximate surface area is 107 Å². The molecule has 1 fully saturated rings. The third-order valence-corrected chi connectivity index (χ3v) is 3.60. The summed E-state index contributed by atoms with van der Waals surface area (Å²) < 4.78 is 5.42. The summed E-state index contributed by atoms with van der Waals surface area (Å²) >= 11 is 6.29. The van der Waals surface area contributed by atoms with Crippen molar-refractivity contribution in [3.8, 4) is 0 Å². The Bertz CT molecular complexity index is 384. The number of nitrogens with two attached hydrogens (primary N) is 1. The summed E-state index contributed by atoms with van der Waals surface area (Å²) in [4.78, 5) is 2.29. The van der Waals surface area contributed by atoms with E-state index in [1.807, 2.05) is 12.1 Å². The van der Waals surface area contributed by atoms with Gasteiger partial charge in [-0.05, 0) is 30.5 Å². The van der Waals surface area contributed by atoms with Crippen LogP contribution in [0.15, 0.2) is 18.2 Å². The number of piperidine rings is 1. The molecule has 4 heteroatoms. The first-order valence-corrected chi connectivity index (χ1v) is 6.38. The lowest BCUT2D eigenvalue weighted by Gasteiger charge is -2.34. The summed E-state index contributed by atoms with van der Waals surface area (Å²) in [5.74, 6) is 0. The molecule has 0 bridgehead atoms. The van der Waals surface area contributed by atoms with E-state index in [1.165, 1.54) is 0 Å². The monoisotopic (exact) mass is 254 g/mol. The van der Waals surface area contributed by atoms with Crippen molar-refractivity contribution in [2.24, 2.45) is 5.73 Å². The number of rotatable bonds is 3. The predicted molar refractivity (Wildman–Crippen MR) is 71.6 cm³/mol. The van der Waals surface area contributed by atoms with E-state index in [0.717, 1.165) is 42.2 Å². The highest BCUT2D eigenvalue weighted by Gasteiger charge is 2.21. The fourth-order valence-corrected chi connectivity index (χ4v) is 2.61. The van der Waals surface area contributed by atoms with Crippen LogP contribution in [0, 0.1) is 0 Å². The molecule has 0 aromatic heterocycles. The minimum absolute atomic E-state index is 0.314. The predicted octanol–water partition coefficient (Wildman–Crippen LogP) is 2.41. The highest BCUT2D eigenvalue weighted by atomic mass is 35.5. The number of nitrogens with zero attached hydrogens (tertiary/aromatic N) is 1. The van der Waals surface area contributed by atoms with Gasteiger partial charge in [-0.15, -0.1) is 0 Å². The zero-order valence-corrected chi connectivity index (χ0v) is 10.9. The molecule has 3 nitrogen and oxygen atoms in total. The largest absolute Gasteiger partial charge is 0.380 e. The maximum Gasteiger partial charge on any atom is 0.0746 e. The van der Waals surface area contributed by atoms with Gasteiger partial charge in [-0.25, -0.2) is 0 Å². The van der Waals surface area contributed by atoms with Crippen LogP contribution >= 0.6 is 11.6 Å². The molecule has 17 heavy (non-hydrogen) atoms. The first-order chi connectivity index (χ1) is 8.24. The number of benzene rings is 1. The number of hydrogen-bond donors (Lipinski definition) is 1. The Morgan fingerprint density at radius 1 is 1.53 bits per heavy atom. The molecule has 2 rings (SSSR count). The second-order valence-corrected chi connectivity index (χ2v) is 4.84. The maximum atomic E-state index is 6.29. The van der Waals surface area contributed by atoms with Gasteiger partial charge in [0.05, 0.1) is 16.8 Å². The average Bonchev–Trinajstić information content (AvgIpc) is 2.38. The second-order valence-electron chi connectivity index (χ2n) is 4.44. The summed E-state index contributed by atoms with van der Waals surface area (Å²) in [7, 11) is 1.77. The third kappa shape index (κ3) is 2.92. The van der Waals surface area contributed by atoms with Gasteiger partial charge in [-0.3, -0.25) is 0 Å². The lowest BCUT2D eigenvalue weighted by molar-refractivity contribution is 0.0893. The van der Waals surface area contributed by atoms with Crippen LogP contribution in [0.4, 0.5) is 5.69 Å². The van der Waals surface area contributed by atoms with E-state index in [0.29, 0.717) is 12.6 Å². The van der Waals surface area contributed by atoms with Gasteiger partial charge < -0.3 is 15.4 Å². The summed E-state index contributed by atoms with van der Waals surface area (Å²) in [6.07, 6.45) is 2.59. The molecule has 1 aliphatic rings. The van der Waals surface area contributed by atoms with Gasteiger partial charge in [0.2, 0.25) is 0 Å². The van der Waals surface area contributed by atoms with Crippen LogP contribution in [0.2, 0.25) is 5.02 Å². The van der Waals surface area contributed by atoms with Crippen LogP contribution < -0.4 is 10.6 Å². The molecular formula is C13H19ClN2O. The minimum atomic E-state index is 0.314. The van der Waals surface area contributed by atoms with Gasteiger partial charge >= 0.3 is 0 Å². The van der Waals surface area contributed by atoms with Crippen molar-refractivity contribution in [3.05, 3.63) is 28.8 Å². The molecule has 0 spiro atoms. The number of hydrogen-bond acceptors (Lipinski definition) is 3. The molecule has 0 aliphatic carbocycles. The normalized spacial score (nSPS) is 20.6. The van der Waals surface area contributed by atoms with E-state index in [-0.39, 0.29) is 0 Å². The second kappa shape index (κ2) is 5.71. The number of halogens is 1. The van der Waals surface area contributed by atoms with E-state index in [2.05, 4.69) is 11.0 Å². The zero-order valence-electron chi connectivity index (χ0n) is 10.2. The molecule has 1 saturated heterocycles. The van der Waals surface area contributed by atoms with Gasteiger partial charge in [-0.2, -0.15) is 0 Å². The standard InChI is InChI=1S/C13H19ClN2O/c1-17-11-3-2-6-16(9-11)13-5-4-10(8-15)7-12(13)14/h4-5,7,11H,2-3,6,8-9,15H2,1H3. The first kappa shape index (κ1) is 12.7. The van der Waals surface area contributed by atoms with Crippen LogP contribution in [-0.4, -0.2) is 26.3 Å². The molecule has 1 aromatic carbocycles. The Balaban J connectivity index is 2.16. The van der Waals surface area contributed by atoms with Crippen LogP contribution in [0.1, 0.15) is 18.4 Å². The van der Waals surface area contributed by atoms with Gasteiger partial charge in [0, 0.05) is 26.7 Å². The summed E-state index contributed by atoms with van der Waals surface area (Å²) in [5, 5.41) is 0.782. The van der Waals surface area contributed by atoms with Gasteiger partial charge in [0.15, 0.2) is 0 Å². The van der Waals surface area contributed by atoms with Crippen molar-refractivity contribution in [2.75, 3.05) is 25.1 Å². The number of methoxy groups -OCH3 is 1. The highest BCUT2D eigenvalue weighted by molar-refractivity contribution is 6.33. The fourth-order valence-electron chi connectivity index (χ4n) is 2.28. The maximum absolute atomic E-state index is 6.29. The summed E-state index contributed by atoms with van der Waals surface area (Å²) in [5.41, 5.74) is 7.76. The Morgan fingerprint density at radius 3 is 3.00 bits per heavy atom. The van der Waals surface area contributed by atoms with E-state index in [9.17, 15) is 0 Å². The van der Waals surface area contributed by atoms with Gasteiger partial charge in [-0.1, -0.05) is 17.7 Å². The van der Waals surface area contributed by atoms with Crippen LogP contribution in [0.3, 0.4) is 0 Å². The van der Waals surface area contributed by atoms with Gasteiger partial charge in [0.25, 0.3) is 0 Å². The Hall–Kier alpha value is -0.770. The van der Waals surface area contributed by atoms with Crippen molar-refractivity contribution >= 4 is 17.3 Å². The van der Waals surface area contributed by atoms with E-state index >= 15 is 0 Å². The molecule has 94 valence electrons. The van der Waals surface area contributed by atoms with Crippen molar-refractivity contribution in [2.45, 2.75) is 25.5 Å². The molecule has 0 amide bonds. The minimum Gasteiger partial charge on any atom is -0.380 e. The molecule has 0 saturated carbocycles. The SMILES string of the molecule is COC1CCCN(c2ccc(CN)cc2Cl)C1. The molecule has 1 unspecified atom stereocenters. The molecule has 1 heterocycles. The lowest BCUT2D eigenvalue weighted by Crippen LogP contribution is -2.39. The van der Waals surface area contributed by atoms with E-state index in [1.54, 1.807) is 7.11 Å². The van der Waals surface area contributed by atoms with Crippen LogP contribution in [-0.2, 0) is 11.3 Å². The van der Waals surface area contributed by atoms with Crippen molar-refractivity contribution in [1.29, 1.82) is 0 Å². The smallest absolute Gasteiger partial charge is 0.0746 e.